The van der Waals surface area contributed by atoms with Gasteiger partial charge in [0.1, 0.15) is 5.52 Å². The molecule has 4 heterocycles. The number of allylic oxidation sites excluding steroid dienone is 5. The van der Waals surface area contributed by atoms with Crippen molar-refractivity contribution in [2.75, 3.05) is 0 Å². The highest BCUT2D eigenvalue weighted by Gasteiger charge is 2.17. The second-order valence-corrected chi connectivity index (χ2v) is 10.0. The third-order valence-corrected chi connectivity index (χ3v) is 7.59. The van der Waals surface area contributed by atoms with Gasteiger partial charge in [-0.25, -0.2) is 9.97 Å². The number of nitrogens with zero attached hydrogens (tertiary/aromatic N) is 3. The minimum atomic E-state index is 0.701. The van der Waals surface area contributed by atoms with Crippen molar-refractivity contribution >= 4 is 39.0 Å². The van der Waals surface area contributed by atoms with Crippen molar-refractivity contribution in [3.8, 4) is 22.0 Å². The highest BCUT2D eigenvalue weighted by Crippen LogP contribution is 2.33. The molecule has 0 saturated carbocycles. The third-order valence-electron chi connectivity index (χ3n) is 6.69. The minimum Gasteiger partial charge on any atom is -0.336 e. The van der Waals surface area contributed by atoms with Crippen LogP contribution in [0.2, 0.25) is 0 Å². The van der Waals surface area contributed by atoms with Gasteiger partial charge in [0.05, 0.1) is 22.2 Å². The Morgan fingerprint density at radius 1 is 0.921 bits per heavy atom. The number of aromatic amines is 2. The first-order valence-corrected chi connectivity index (χ1v) is 13.5. The van der Waals surface area contributed by atoms with Gasteiger partial charge in [-0.1, -0.05) is 67.3 Å². The molecule has 0 bridgehead atoms. The highest BCUT2D eigenvalue weighted by atomic mass is 32.1. The van der Waals surface area contributed by atoms with Gasteiger partial charge in [-0.05, 0) is 72.2 Å². The van der Waals surface area contributed by atoms with Crippen LogP contribution in [-0.2, 0) is 6.42 Å². The van der Waals surface area contributed by atoms with E-state index in [-0.39, 0.29) is 0 Å². The average Bonchev–Trinajstić information content (AvgIpc) is 3.73. The van der Waals surface area contributed by atoms with Gasteiger partial charge in [0.25, 0.3) is 0 Å². The van der Waals surface area contributed by atoms with Gasteiger partial charge in [0, 0.05) is 10.4 Å². The van der Waals surface area contributed by atoms with Crippen LogP contribution in [0, 0.1) is 0 Å². The molecule has 6 rings (SSSR count). The zero-order chi connectivity index (χ0) is 25.9. The van der Waals surface area contributed by atoms with Crippen molar-refractivity contribution in [3.63, 3.8) is 0 Å². The van der Waals surface area contributed by atoms with Crippen LogP contribution in [0.1, 0.15) is 24.6 Å². The Hall–Kier alpha value is -4.55. The molecular weight excluding hydrogens is 486 g/mol. The molecule has 5 nitrogen and oxygen atoms in total. The number of rotatable bonds is 8. The molecule has 0 atom stereocenters. The molecule has 2 aromatic carbocycles. The summed E-state index contributed by atoms with van der Waals surface area (Å²) >= 11 is 1.71. The van der Waals surface area contributed by atoms with Crippen LogP contribution in [0.15, 0.2) is 109 Å². The van der Waals surface area contributed by atoms with Crippen LogP contribution in [0.25, 0.3) is 49.6 Å². The number of imidazole rings is 1. The first kappa shape index (κ1) is 23.8. The maximum atomic E-state index is 5.03. The van der Waals surface area contributed by atoms with Crippen LogP contribution >= 0.6 is 11.3 Å². The first-order valence-electron chi connectivity index (χ1n) is 12.6. The lowest BCUT2D eigenvalue weighted by Gasteiger charge is -2.07. The zero-order valence-corrected chi connectivity index (χ0v) is 21.9. The van der Waals surface area contributed by atoms with Crippen molar-refractivity contribution in [2.24, 2.45) is 0 Å². The molecule has 0 aliphatic rings. The molecule has 2 N–H and O–H groups in total. The quantitative estimate of drug-likeness (QED) is 0.201. The molecule has 0 aliphatic carbocycles. The summed E-state index contributed by atoms with van der Waals surface area (Å²) in [7, 11) is 0. The third kappa shape index (κ3) is 4.62. The minimum absolute atomic E-state index is 0.701. The van der Waals surface area contributed by atoms with Gasteiger partial charge in [0.2, 0.25) is 0 Å². The van der Waals surface area contributed by atoms with Crippen molar-refractivity contribution in [2.45, 2.75) is 19.8 Å². The van der Waals surface area contributed by atoms with Gasteiger partial charge in [-0.15, -0.1) is 11.3 Å². The number of H-pyrrole nitrogens is 2. The standard InChI is InChI=1S/C32H27N5S/c1-3-21(15-16-22-10-6-5-7-11-22)20-23(4-2)25-17-18-27-30(33-25)31(37-36-27)32-34-26-13-8-12-24(29(26)35-32)28-14-9-19-38-28/h3-14,17-20H,1,15-16H2,2H3,(H,34,35)(H,36,37)/b21-20+,23-4+. The van der Waals surface area contributed by atoms with E-state index in [1.807, 2.05) is 37.3 Å². The van der Waals surface area contributed by atoms with Crippen LogP contribution in [0.5, 0.6) is 0 Å². The second-order valence-electron chi connectivity index (χ2n) is 9.08. The Morgan fingerprint density at radius 2 is 1.82 bits per heavy atom. The van der Waals surface area contributed by atoms with E-state index in [1.54, 1.807) is 11.3 Å². The van der Waals surface area contributed by atoms with E-state index >= 15 is 0 Å². The van der Waals surface area contributed by atoms with Crippen molar-refractivity contribution < 1.29 is 0 Å². The normalized spacial score (nSPS) is 12.4. The summed E-state index contributed by atoms with van der Waals surface area (Å²) in [5.74, 6) is 0.701. The number of fused-ring (bicyclic) bond motifs is 2. The number of aryl methyl sites for hydroxylation is 1. The molecule has 4 aromatic heterocycles. The molecule has 0 fully saturated rings. The largest absolute Gasteiger partial charge is 0.336 e. The summed E-state index contributed by atoms with van der Waals surface area (Å²) in [6.45, 7) is 6.09. The van der Waals surface area contributed by atoms with E-state index in [4.69, 9.17) is 9.97 Å². The number of para-hydroxylation sites is 1. The van der Waals surface area contributed by atoms with Gasteiger partial charge < -0.3 is 4.98 Å². The fourth-order valence-corrected chi connectivity index (χ4v) is 5.42. The molecule has 0 saturated heterocycles. The molecule has 0 spiro atoms. The maximum Gasteiger partial charge on any atom is 0.161 e. The fourth-order valence-electron chi connectivity index (χ4n) is 4.67. The van der Waals surface area contributed by atoms with Gasteiger partial charge in [0.15, 0.2) is 11.5 Å². The SMILES string of the molecule is C=C/C(=C\C(=C/C)c1ccc2[nH]nc(-c3nc4c(-c5cccs5)cccc4[nH]3)c2n1)CCc1ccccc1. The molecule has 6 heteroatoms. The van der Waals surface area contributed by atoms with E-state index in [1.165, 1.54) is 16.0 Å². The summed E-state index contributed by atoms with van der Waals surface area (Å²) in [5, 5.41) is 9.80. The summed E-state index contributed by atoms with van der Waals surface area (Å²) in [6, 6.07) is 25.0. The molecular formula is C32H27N5S. The van der Waals surface area contributed by atoms with Crippen LogP contribution in [0.3, 0.4) is 0 Å². The Morgan fingerprint density at radius 3 is 2.61 bits per heavy atom. The summed E-state index contributed by atoms with van der Waals surface area (Å²) < 4.78 is 0. The Kier molecular flexibility index (Phi) is 6.54. The Labute approximate surface area is 225 Å². The van der Waals surface area contributed by atoms with Crippen LogP contribution in [-0.4, -0.2) is 25.1 Å². The zero-order valence-electron chi connectivity index (χ0n) is 21.1. The predicted molar refractivity (Wildman–Crippen MR) is 159 cm³/mol. The highest BCUT2D eigenvalue weighted by molar-refractivity contribution is 7.13. The van der Waals surface area contributed by atoms with E-state index in [2.05, 4.69) is 87.8 Å². The molecule has 0 aliphatic heterocycles. The molecule has 0 amide bonds. The van der Waals surface area contributed by atoms with Gasteiger partial charge in [-0.3, -0.25) is 5.10 Å². The Bertz CT molecular complexity index is 1790. The lowest BCUT2D eigenvalue weighted by atomic mass is 10.0. The molecule has 0 unspecified atom stereocenters. The van der Waals surface area contributed by atoms with Crippen molar-refractivity contribution in [1.29, 1.82) is 0 Å². The Balaban J connectivity index is 1.35. The van der Waals surface area contributed by atoms with Crippen molar-refractivity contribution in [3.05, 3.63) is 120 Å². The summed E-state index contributed by atoms with van der Waals surface area (Å²) in [6.07, 6.45) is 8.09. The number of hydrogen-bond acceptors (Lipinski definition) is 4. The second kappa shape index (κ2) is 10.4. The van der Waals surface area contributed by atoms with Crippen LogP contribution in [0.4, 0.5) is 0 Å². The monoisotopic (exact) mass is 513 g/mol. The maximum absolute atomic E-state index is 5.03. The summed E-state index contributed by atoms with van der Waals surface area (Å²) in [4.78, 5) is 14.6. The lowest BCUT2D eigenvalue weighted by molar-refractivity contribution is 0.966. The topological polar surface area (TPSA) is 70.2 Å². The molecule has 186 valence electrons. The predicted octanol–water partition coefficient (Wildman–Crippen LogP) is 8.38. The molecule has 0 radical (unpaired) electrons. The van der Waals surface area contributed by atoms with Gasteiger partial charge >= 0.3 is 0 Å². The van der Waals surface area contributed by atoms with Crippen LogP contribution < -0.4 is 0 Å². The number of benzene rings is 2. The molecule has 6 aromatic rings. The van der Waals surface area contributed by atoms with E-state index in [9.17, 15) is 0 Å². The van der Waals surface area contributed by atoms with E-state index in [0.29, 0.717) is 11.5 Å². The lowest BCUT2D eigenvalue weighted by Crippen LogP contribution is -1.92. The summed E-state index contributed by atoms with van der Waals surface area (Å²) in [5.41, 5.74) is 9.82. The number of aromatic nitrogens is 5. The number of pyridine rings is 1. The van der Waals surface area contributed by atoms with E-state index < -0.39 is 0 Å². The average molecular weight is 514 g/mol. The fraction of sp³-hybridized carbons (Fsp3) is 0.0938. The molecule has 38 heavy (non-hydrogen) atoms. The van der Waals surface area contributed by atoms with E-state index in [0.717, 1.165) is 51.7 Å². The smallest absolute Gasteiger partial charge is 0.161 e. The number of hydrogen-bond donors (Lipinski definition) is 2. The van der Waals surface area contributed by atoms with Crippen molar-refractivity contribution in [1.82, 2.24) is 25.1 Å². The van der Waals surface area contributed by atoms with Gasteiger partial charge in [-0.2, -0.15) is 5.10 Å². The number of thiophene rings is 1. The number of nitrogens with one attached hydrogen (secondary N) is 2. The first-order chi connectivity index (χ1) is 18.7.